The van der Waals surface area contributed by atoms with E-state index in [0.29, 0.717) is 28.6 Å². The number of hydrogen-bond donors (Lipinski definition) is 2. The number of hydrogen-bond acceptors (Lipinski definition) is 6. The Morgan fingerprint density at radius 3 is 2.63 bits per heavy atom. The molecule has 0 aliphatic rings. The maximum atomic E-state index is 13.0. The molecule has 11 heteroatoms. The number of carbonyl (C=O) groups excluding carboxylic acids is 1. The number of benzene rings is 2. The molecular formula is C19H17ClFN3O4S2. The number of sulfonamides is 1. The Kier molecular flexibility index (Phi) is 6.91. The first-order valence-electron chi connectivity index (χ1n) is 8.63. The van der Waals surface area contributed by atoms with Gasteiger partial charge in [0.1, 0.15) is 11.6 Å². The van der Waals surface area contributed by atoms with Crippen LogP contribution in [0.5, 0.6) is 5.75 Å². The maximum absolute atomic E-state index is 13.0. The number of carbonyl (C=O) groups is 1. The van der Waals surface area contributed by atoms with Crippen LogP contribution in [0.15, 0.2) is 52.7 Å². The van der Waals surface area contributed by atoms with Crippen molar-refractivity contribution in [3.63, 3.8) is 0 Å². The Morgan fingerprint density at radius 1 is 1.23 bits per heavy atom. The molecule has 0 atom stereocenters. The standard InChI is InChI=1S/C19H17ClFN3O4S2/c1-28-17-8-4-13(10-16(17)20)22-18(25)9-5-14-11-29-19(23-14)24-30(26,27)15-6-2-12(21)3-7-15/h2-4,6-8,10-11H,5,9H2,1H3,(H,22,25)(H,23,24). The van der Waals surface area contributed by atoms with Crippen LogP contribution in [-0.2, 0) is 21.2 Å². The van der Waals surface area contributed by atoms with Crippen LogP contribution in [0.25, 0.3) is 0 Å². The molecule has 7 nitrogen and oxygen atoms in total. The number of thiazole rings is 1. The summed E-state index contributed by atoms with van der Waals surface area (Å²) in [6, 6.07) is 9.38. The predicted octanol–water partition coefficient (Wildman–Crippen LogP) is 4.32. The van der Waals surface area contributed by atoms with E-state index in [1.165, 1.54) is 19.2 Å². The van der Waals surface area contributed by atoms with Crippen molar-refractivity contribution in [3.05, 3.63) is 64.4 Å². The lowest BCUT2D eigenvalue weighted by molar-refractivity contribution is -0.116. The Bertz CT molecular complexity index is 1150. The third-order valence-corrected chi connectivity index (χ3v) is 6.53. The van der Waals surface area contributed by atoms with Gasteiger partial charge in [-0.1, -0.05) is 11.6 Å². The maximum Gasteiger partial charge on any atom is 0.263 e. The molecule has 3 aromatic rings. The number of rotatable bonds is 8. The number of amides is 1. The van der Waals surface area contributed by atoms with Crippen LogP contribution in [0, 0.1) is 5.82 Å². The Hall–Kier alpha value is -2.69. The Balaban J connectivity index is 1.55. The van der Waals surface area contributed by atoms with Crippen LogP contribution in [0.1, 0.15) is 12.1 Å². The van der Waals surface area contributed by atoms with Gasteiger partial charge in [0.15, 0.2) is 5.13 Å². The molecule has 0 aliphatic carbocycles. The zero-order chi connectivity index (χ0) is 21.7. The summed E-state index contributed by atoms with van der Waals surface area (Å²) >= 11 is 7.13. The third-order valence-electron chi connectivity index (χ3n) is 3.94. The molecule has 2 N–H and O–H groups in total. The minimum atomic E-state index is -3.87. The summed E-state index contributed by atoms with van der Waals surface area (Å²) < 4.78 is 45.0. The molecule has 0 unspecified atom stereocenters. The minimum absolute atomic E-state index is 0.0711. The zero-order valence-corrected chi connectivity index (χ0v) is 18.1. The van der Waals surface area contributed by atoms with Gasteiger partial charge >= 0.3 is 0 Å². The van der Waals surface area contributed by atoms with E-state index in [-0.39, 0.29) is 22.4 Å². The quantitative estimate of drug-likeness (QED) is 0.512. The lowest BCUT2D eigenvalue weighted by atomic mass is 10.2. The molecule has 0 aliphatic heterocycles. The number of ether oxygens (including phenoxy) is 1. The summed E-state index contributed by atoms with van der Waals surface area (Å²) in [6.45, 7) is 0. The first-order chi connectivity index (χ1) is 14.3. The number of methoxy groups -OCH3 is 1. The summed E-state index contributed by atoms with van der Waals surface area (Å²) in [5, 5.41) is 4.94. The second kappa shape index (κ2) is 9.41. The van der Waals surface area contributed by atoms with E-state index in [0.717, 1.165) is 23.5 Å². The van der Waals surface area contributed by atoms with Gasteiger partial charge in [-0.25, -0.2) is 17.8 Å². The number of aromatic nitrogens is 1. The Morgan fingerprint density at radius 2 is 1.97 bits per heavy atom. The van der Waals surface area contributed by atoms with Gasteiger partial charge in [-0.15, -0.1) is 11.3 Å². The fourth-order valence-corrected chi connectivity index (χ4v) is 4.72. The largest absolute Gasteiger partial charge is 0.495 e. The van der Waals surface area contributed by atoms with Gasteiger partial charge in [0.25, 0.3) is 10.0 Å². The van der Waals surface area contributed by atoms with Gasteiger partial charge in [0.05, 0.1) is 22.7 Å². The molecule has 1 amide bonds. The molecule has 0 bridgehead atoms. The summed E-state index contributed by atoms with van der Waals surface area (Å²) in [7, 11) is -2.37. The summed E-state index contributed by atoms with van der Waals surface area (Å²) in [6.07, 6.45) is 0.474. The number of nitrogens with zero attached hydrogens (tertiary/aromatic N) is 1. The monoisotopic (exact) mass is 469 g/mol. The number of nitrogens with one attached hydrogen (secondary N) is 2. The molecule has 1 aromatic heterocycles. The first-order valence-corrected chi connectivity index (χ1v) is 11.4. The van der Waals surface area contributed by atoms with Crippen molar-refractivity contribution < 1.29 is 22.3 Å². The molecule has 2 aromatic carbocycles. The van der Waals surface area contributed by atoms with Crippen LogP contribution in [0.2, 0.25) is 5.02 Å². The topological polar surface area (TPSA) is 97.4 Å². The second-order valence-electron chi connectivity index (χ2n) is 6.10. The molecule has 158 valence electrons. The molecule has 3 rings (SSSR count). The first kappa shape index (κ1) is 22.0. The SMILES string of the molecule is COc1ccc(NC(=O)CCc2csc(NS(=O)(=O)c3ccc(F)cc3)n2)cc1Cl. The van der Waals surface area contributed by atoms with Gasteiger partial charge < -0.3 is 10.1 Å². The fourth-order valence-electron chi connectivity index (χ4n) is 2.47. The summed E-state index contributed by atoms with van der Waals surface area (Å²) in [4.78, 5) is 16.3. The molecule has 0 saturated carbocycles. The lowest BCUT2D eigenvalue weighted by Gasteiger charge is -2.07. The van der Waals surface area contributed by atoms with E-state index in [9.17, 15) is 17.6 Å². The van der Waals surface area contributed by atoms with Crippen LogP contribution < -0.4 is 14.8 Å². The smallest absolute Gasteiger partial charge is 0.263 e. The van der Waals surface area contributed by atoms with Gasteiger partial charge in [-0.3, -0.25) is 9.52 Å². The minimum Gasteiger partial charge on any atom is -0.495 e. The van der Waals surface area contributed by atoms with Crippen LogP contribution in [-0.4, -0.2) is 26.4 Å². The van der Waals surface area contributed by atoms with Gasteiger partial charge in [-0.2, -0.15) is 0 Å². The highest BCUT2D eigenvalue weighted by Crippen LogP contribution is 2.27. The summed E-state index contributed by atoms with van der Waals surface area (Å²) in [5.41, 5.74) is 1.11. The average molecular weight is 470 g/mol. The van der Waals surface area contributed by atoms with E-state index in [1.807, 2.05) is 0 Å². The van der Waals surface area contributed by atoms with E-state index < -0.39 is 15.8 Å². The normalized spacial score (nSPS) is 11.2. The van der Waals surface area contributed by atoms with E-state index in [4.69, 9.17) is 16.3 Å². The van der Waals surface area contributed by atoms with Crippen molar-refractivity contribution in [1.29, 1.82) is 0 Å². The predicted molar refractivity (Wildman–Crippen MR) is 114 cm³/mol. The van der Waals surface area contributed by atoms with Crippen molar-refractivity contribution >= 4 is 49.7 Å². The number of aryl methyl sites for hydroxylation is 1. The van der Waals surface area contributed by atoms with Crippen molar-refractivity contribution in [1.82, 2.24) is 4.98 Å². The zero-order valence-electron chi connectivity index (χ0n) is 15.7. The highest BCUT2D eigenvalue weighted by Gasteiger charge is 2.16. The van der Waals surface area contributed by atoms with Gasteiger partial charge in [0, 0.05) is 17.5 Å². The van der Waals surface area contributed by atoms with Crippen molar-refractivity contribution in [2.24, 2.45) is 0 Å². The van der Waals surface area contributed by atoms with Crippen molar-refractivity contribution in [2.45, 2.75) is 17.7 Å². The average Bonchev–Trinajstić information content (AvgIpc) is 3.13. The molecule has 0 spiro atoms. The lowest BCUT2D eigenvalue weighted by Crippen LogP contribution is -2.13. The van der Waals surface area contributed by atoms with E-state index in [1.54, 1.807) is 23.6 Å². The van der Waals surface area contributed by atoms with Gasteiger partial charge in [-0.05, 0) is 48.9 Å². The van der Waals surface area contributed by atoms with Gasteiger partial charge in [0.2, 0.25) is 5.91 Å². The highest BCUT2D eigenvalue weighted by atomic mass is 35.5. The molecule has 1 heterocycles. The highest BCUT2D eigenvalue weighted by molar-refractivity contribution is 7.93. The Labute approximate surface area is 181 Å². The third kappa shape index (κ3) is 5.68. The van der Waals surface area contributed by atoms with E-state index >= 15 is 0 Å². The van der Waals surface area contributed by atoms with Crippen LogP contribution in [0.3, 0.4) is 0 Å². The number of anilines is 2. The molecule has 0 saturated heterocycles. The van der Waals surface area contributed by atoms with E-state index in [2.05, 4.69) is 15.0 Å². The molecule has 30 heavy (non-hydrogen) atoms. The molecular weight excluding hydrogens is 453 g/mol. The van der Waals surface area contributed by atoms with Crippen molar-refractivity contribution in [2.75, 3.05) is 17.1 Å². The molecule has 0 radical (unpaired) electrons. The molecule has 0 fully saturated rings. The summed E-state index contributed by atoms with van der Waals surface area (Å²) in [5.74, 6) is -0.258. The van der Waals surface area contributed by atoms with Crippen LogP contribution in [0.4, 0.5) is 15.2 Å². The fraction of sp³-hybridized carbons (Fsp3) is 0.158. The number of halogens is 2. The van der Waals surface area contributed by atoms with Crippen LogP contribution >= 0.6 is 22.9 Å². The van der Waals surface area contributed by atoms with Crippen molar-refractivity contribution in [3.8, 4) is 5.75 Å². The second-order valence-corrected chi connectivity index (χ2v) is 9.05.